The van der Waals surface area contributed by atoms with Crippen LogP contribution in [0.3, 0.4) is 0 Å². The number of Topliss-reactive ketones (excluding diaryl/α,β-unsaturated/α-hetero) is 1. The Bertz CT molecular complexity index is 380. The van der Waals surface area contributed by atoms with Crippen LogP contribution in [-0.4, -0.2) is 18.2 Å². The van der Waals surface area contributed by atoms with E-state index in [0.29, 0.717) is 22.8 Å². The quantitative estimate of drug-likeness (QED) is 0.420. The van der Waals surface area contributed by atoms with Crippen molar-refractivity contribution in [2.75, 3.05) is 12.4 Å². The highest BCUT2D eigenvalue weighted by Crippen LogP contribution is 2.25. The third-order valence-corrected chi connectivity index (χ3v) is 3.37. The summed E-state index contributed by atoms with van der Waals surface area (Å²) in [5, 5.41) is 1.48. The molecular formula is C13H16BrClO2. The van der Waals surface area contributed by atoms with Crippen molar-refractivity contribution in [3.63, 3.8) is 0 Å². The molecule has 0 spiro atoms. The van der Waals surface area contributed by atoms with Crippen molar-refractivity contribution in [1.29, 1.82) is 0 Å². The topological polar surface area (TPSA) is 26.3 Å². The van der Waals surface area contributed by atoms with Gasteiger partial charge in [-0.15, -0.1) is 0 Å². The molecule has 2 nitrogen and oxygen atoms in total. The van der Waals surface area contributed by atoms with Gasteiger partial charge in [0.1, 0.15) is 5.75 Å². The van der Waals surface area contributed by atoms with Crippen molar-refractivity contribution >= 4 is 33.3 Å². The number of alkyl halides is 1. The fraction of sp³-hybridized carbons (Fsp3) is 0.462. The lowest BCUT2D eigenvalue weighted by Crippen LogP contribution is -1.99. The van der Waals surface area contributed by atoms with Gasteiger partial charge in [-0.25, -0.2) is 0 Å². The Labute approximate surface area is 115 Å². The fourth-order valence-corrected chi connectivity index (χ4v) is 2.20. The number of rotatable bonds is 7. The van der Waals surface area contributed by atoms with E-state index in [1.807, 2.05) is 0 Å². The van der Waals surface area contributed by atoms with Crippen LogP contribution in [0.5, 0.6) is 5.75 Å². The Morgan fingerprint density at radius 2 is 2.12 bits per heavy atom. The van der Waals surface area contributed by atoms with Gasteiger partial charge < -0.3 is 4.74 Å². The minimum Gasteiger partial charge on any atom is -0.495 e. The number of unbranched alkanes of at least 4 members (excludes halogenated alkanes) is 2. The van der Waals surface area contributed by atoms with Crippen LogP contribution in [-0.2, 0) is 0 Å². The summed E-state index contributed by atoms with van der Waals surface area (Å²) in [5.41, 5.74) is 0.662. The Kier molecular flexibility index (Phi) is 6.60. The SMILES string of the molecule is COc1ccc(C(=O)CCCCCBr)cc1Cl. The molecular weight excluding hydrogens is 303 g/mol. The second-order valence-electron chi connectivity index (χ2n) is 3.77. The first-order valence-corrected chi connectivity index (χ1v) is 7.11. The number of methoxy groups -OCH3 is 1. The predicted molar refractivity (Wildman–Crippen MR) is 74.6 cm³/mol. The average Bonchev–Trinajstić information content (AvgIpc) is 2.34. The number of carbonyl (C=O) groups excluding carboxylic acids is 1. The van der Waals surface area contributed by atoms with Crippen molar-refractivity contribution in [3.05, 3.63) is 28.8 Å². The van der Waals surface area contributed by atoms with Crippen molar-refractivity contribution in [2.24, 2.45) is 0 Å². The Morgan fingerprint density at radius 3 is 2.71 bits per heavy atom. The van der Waals surface area contributed by atoms with Gasteiger partial charge in [-0.1, -0.05) is 34.0 Å². The number of benzene rings is 1. The van der Waals surface area contributed by atoms with Crippen molar-refractivity contribution in [3.8, 4) is 5.75 Å². The maximum Gasteiger partial charge on any atom is 0.162 e. The zero-order valence-corrected chi connectivity index (χ0v) is 12.2. The van der Waals surface area contributed by atoms with E-state index in [0.717, 1.165) is 24.6 Å². The van der Waals surface area contributed by atoms with Crippen LogP contribution >= 0.6 is 27.5 Å². The first-order chi connectivity index (χ1) is 8.19. The van der Waals surface area contributed by atoms with E-state index in [4.69, 9.17) is 16.3 Å². The van der Waals surface area contributed by atoms with Crippen LogP contribution in [0, 0.1) is 0 Å². The van der Waals surface area contributed by atoms with Crippen LogP contribution < -0.4 is 4.74 Å². The number of ether oxygens (including phenoxy) is 1. The van der Waals surface area contributed by atoms with E-state index >= 15 is 0 Å². The maximum absolute atomic E-state index is 11.8. The number of carbonyl (C=O) groups is 1. The van der Waals surface area contributed by atoms with Gasteiger partial charge in [0, 0.05) is 17.3 Å². The zero-order chi connectivity index (χ0) is 12.7. The van der Waals surface area contributed by atoms with Crippen LogP contribution in [0.1, 0.15) is 36.0 Å². The largest absolute Gasteiger partial charge is 0.495 e. The number of hydrogen-bond donors (Lipinski definition) is 0. The Hall–Kier alpha value is -0.540. The molecule has 0 heterocycles. The molecule has 0 bridgehead atoms. The van der Waals surface area contributed by atoms with E-state index in [-0.39, 0.29) is 5.78 Å². The van der Waals surface area contributed by atoms with E-state index in [1.54, 1.807) is 25.3 Å². The monoisotopic (exact) mass is 318 g/mol. The van der Waals surface area contributed by atoms with Gasteiger partial charge in [0.15, 0.2) is 5.78 Å². The smallest absolute Gasteiger partial charge is 0.162 e. The Balaban J connectivity index is 2.54. The molecule has 0 aliphatic heterocycles. The highest BCUT2D eigenvalue weighted by Gasteiger charge is 2.08. The standard InChI is InChI=1S/C13H16BrClO2/c1-17-13-7-6-10(9-11(13)15)12(16)5-3-2-4-8-14/h6-7,9H,2-5,8H2,1H3. The molecule has 1 aromatic rings. The molecule has 0 fully saturated rings. The van der Waals surface area contributed by atoms with Gasteiger partial charge in [-0.3, -0.25) is 4.79 Å². The highest BCUT2D eigenvalue weighted by atomic mass is 79.9. The first-order valence-electron chi connectivity index (χ1n) is 5.61. The molecule has 0 aliphatic carbocycles. The Morgan fingerprint density at radius 1 is 1.35 bits per heavy atom. The summed E-state index contributed by atoms with van der Waals surface area (Å²) in [5.74, 6) is 0.742. The average molecular weight is 320 g/mol. The van der Waals surface area contributed by atoms with Gasteiger partial charge in [0.2, 0.25) is 0 Å². The molecule has 0 atom stereocenters. The minimum atomic E-state index is 0.143. The molecule has 17 heavy (non-hydrogen) atoms. The lowest BCUT2D eigenvalue weighted by atomic mass is 10.0. The van der Waals surface area contributed by atoms with Gasteiger partial charge in [0.25, 0.3) is 0 Å². The summed E-state index contributed by atoms with van der Waals surface area (Å²) < 4.78 is 5.04. The predicted octanol–water partition coefficient (Wildman–Crippen LogP) is 4.49. The second kappa shape index (κ2) is 7.72. The molecule has 4 heteroatoms. The number of halogens is 2. The molecule has 0 aromatic heterocycles. The highest BCUT2D eigenvalue weighted by molar-refractivity contribution is 9.09. The van der Waals surface area contributed by atoms with E-state index in [2.05, 4.69) is 15.9 Å². The summed E-state index contributed by atoms with van der Waals surface area (Å²) in [6, 6.07) is 5.17. The van der Waals surface area contributed by atoms with Crippen LogP contribution in [0.4, 0.5) is 0 Å². The van der Waals surface area contributed by atoms with Gasteiger partial charge >= 0.3 is 0 Å². The molecule has 1 rings (SSSR count). The zero-order valence-electron chi connectivity index (χ0n) is 9.84. The van der Waals surface area contributed by atoms with E-state index in [1.165, 1.54) is 0 Å². The van der Waals surface area contributed by atoms with Gasteiger partial charge in [-0.2, -0.15) is 0 Å². The summed E-state index contributed by atoms with van der Waals surface area (Å²) in [7, 11) is 1.56. The summed E-state index contributed by atoms with van der Waals surface area (Å²) in [4.78, 5) is 11.8. The second-order valence-corrected chi connectivity index (χ2v) is 4.97. The molecule has 0 amide bonds. The summed E-state index contributed by atoms with van der Waals surface area (Å²) in [6.07, 6.45) is 3.68. The molecule has 0 unspecified atom stereocenters. The molecule has 0 saturated carbocycles. The molecule has 1 aromatic carbocycles. The van der Waals surface area contributed by atoms with Crippen LogP contribution in [0.2, 0.25) is 5.02 Å². The third-order valence-electron chi connectivity index (χ3n) is 2.51. The van der Waals surface area contributed by atoms with Crippen molar-refractivity contribution in [2.45, 2.75) is 25.7 Å². The van der Waals surface area contributed by atoms with Crippen LogP contribution in [0.15, 0.2) is 18.2 Å². The van der Waals surface area contributed by atoms with Crippen LogP contribution in [0.25, 0.3) is 0 Å². The van der Waals surface area contributed by atoms with Crippen molar-refractivity contribution < 1.29 is 9.53 Å². The lowest BCUT2D eigenvalue weighted by Gasteiger charge is -2.05. The third kappa shape index (κ3) is 4.68. The minimum absolute atomic E-state index is 0.143. The maximum atomic E-state index is 11.8. The number of hydrogen-bond acceptors (Lipinski definition) is 2. The molecule has 94 valence electrons. The summed E-state index contributed by atoms with van der Waals surface area (Å²) >= 11 is 9.34. The van der Waals surface area contributed by atoms with Gasteiger partial charge in [0.05, 0.1) is 12.1 Å². The first kappa shape index (κ1) is 14.5. The van der Waals surface area contributed by atoms with Gasteiger partial charge in [-0.05, 0) is 31.0 Å². The molecule has 0 N–H and O–H groups in total. The van der Waals surface area contributed by atoms with Crippen molar-refractivity contribution in [1.82, 2.24) is 0 Å². The number of ketones is 1. The van der Waals surface area contributed by atoms with E-state index < -0.39 is 0 Å². The molecule has 0 saturated heterocycles. The van der Waals surface area contributed by atoms with E-state index in [9.17, 15) is 4.79 Å². The summed E-state index contributed by atoms with van der Waals surface area (Å²) in [6.45, 7) is 0. The lowest BCUT2D eigenvalue weighted by molar-refractivity contribution is 0.0979. The normalized spacial score (nSPS) is 10.3. The fourth-order valence-electron chi connectivity index (χ4n) is 1.54. The molecule has 0 radical (unpaired) electrons. The molecule has 0 aliphatic rings.